The van der Waals surface area contributed by atoms with Crippen LogP contribution in [0, 0.1) is 0 Å². The van der Waals surface area contributed by atoms with Crippen molar-refractivity contribution in [1.82, 2.24) is 0 Å². The molecule has 2 bridgehead atoms. The summed E-state index contributed by atoms with van der Waals surface area (Å²) in [6.07, 6.45) is 2.55. The van der Waals surface area contributed by atoms with Gasteiger partial charge in [-0.3, -0.25) is 0 Å². The molecule has 1 aliphatic heterocycles. The number of hydrogen-bond acceptors (Lipinski definition) is 0. The molecule has 1 unspecified atom stereocenters. The molecule has 4 heteroatoms. The predicted octanol–water partition coefficient (Wildman–Crippen LogP) is 2.61. The minimum atomic E-state index is -0.172. The number of halogens is 2. The van der Waals surface area contributed by atoms with E-state index < -0.39 is 0 Å². The first-order valence-electron chi connectivity index (χ1n) is 12.1. The molecular weight excluding hydrogens is 546 g/mol. The number of rotatable bonds is 3. The Balaban J connectivity index is 0.000000195. The van der Waals surface area contributed by atoms with Gasteiger partial charge >= 0.3 is 21.7 Å². The monoisotopic (exact) mass is 572 g/mol. The SMILES string of the molecule is CCCP1c2cc3c(cccc3[cH-]2)-c2ccccc21.[Cl-].[Cl-].[Ti+4].c1ccc(-c2cccc3[cH-]ccc23)cc1. The van der Waals surface area contributed by atoms with E-state index in [1.54, 1.807) is 10.6 Å². The molecule has 0 amide bonds. The third-order valence-electron chi connectivity index (χ3n) is 6.74. The van der Waals surface area contributed by atoms with Crippen molar-refractivity contribution in [3.8, 4) is 22.3 Å². The Morgan fingerprint density at radius 1 is 0.649 bits per heavy atom. The van der Waals surface area contributed by atoms with E-state index in [1.165, 1.54) is 56.4 Å². The molecule has 0 radical (unpaired) electrons. The third kappa shape index (κ3) is 5.66. The summed E-state index contributed by atoms with van der Waals surface area (Å²) in [6, 6.07) is 44.0. The summed E-state index contributed by atoms with van der Waals surface area (Å²) < 4.78 is 0. The molecule has 6 aromatic carbocycles. The fourth-order valence-corrected chi connectivity index (χ4v) is 7.75. The van der Waals surface area contributed by atoms with Crippen molar-refractivity contribution in [2.45, 2.75) is 13.3 Å². The maximum Gasteiger partial charge on any atom is 4.00 e. The van der Waals surface area contributed by atoms with E-state index in [1.807, 2.05) is 0 Å². The van der Waals surface area contributed by atoms with Gasteiger partial charge in [-0.05, 0) is 22.6 Å². The average molecular weight is 573 g/mol. The van der Waals surface area contributed by atoms with Crippen LogP contribution in [0.15, 0.2) is 121 Å². The van der Waals surface area contributed by atoms with Crippen LogP contribution in [-0.2, 0) is 21.7 Å². The van der Waals surface area contributed by atoms with Crippen LogP contribution in [0.5, 0.6) is 0 Å². The fraction of sp³-hybridized carbons (Fsp3) is 0.0909. The molecule has 0 fully saturated rings. The first kappa shape index (κ1) is 29.4. The van der Waals surface area contributed by atoms with Crippen LogP contribution in [0.2, 0.25) is 0 Å². The maximum atomic E-state index is 2.44. The van der Waals surface area contributed by atoms with Gasteiger partial charge in [-0.2, -0.15) is 18.2 Å². The van der Waals surface area contributed by atoms with E-state index in [9.17, 15) is 0 Å². The van der Waals surface area contributed by atoms with Gasteiger partial charge in [0.25, 0.3) is 0 Å². The van der Waals surface area contributed by atoms with Gasteiger partial charge in [-0.1, -0.05) is 99.1 Å². The van der Waals surface area contributed by atoms with E-state index in [0.717, 1.165) is 0 Å². The molecule has 0 N–H and O–H groups in total. The summed E-state index contributed by atoms with van der Waals surface area (Å²) >= 11 is 0. The van der Waals surface area contributed by atoms with Crippen molar-refractivity contribution < 1.29 is 46.5 Å². The zero-order chi connectivity index (χ0) is 22.9. The van der Waals surface area contributed by atoms with Crippen LogP contribution in [0.3, 0.4) is 0 Å². The first-order valence-corrected chi connectivity index (χ1v) is 13.6. The van der Waals surface area contributed by atoms with Crippen LogP contribution in [0.25, 0.3) is 43.8 Å². The first-order chi connectivity index (χ1) is 16.8. The van der Waals surface area contributed by atoms with Crippen LogP contribution < -0.4 is 35.4 Å². The topological polar surface area (TPSA) is 0 Å². The van der Waals surface area contributed by atoms with Gasteiger partial charge in [-0.25, -0.2) is 0 Å². The van der Waals surface area contributed by atoms with E-state index in [2.05, 4.69) is 128 Å². The Kier molecular flexibility index (Phi) is 10.4. The Morgan fingerprint density at radius 3 is 2.11 bits per heavy atom. The summed E-state index contributed by atoms with van der Waals surface area (Å²) in [5, 5.41) is 8.62. The van der Waals surface area contributed by atoms with Crippen LogP contribution in [-0.4, -0.2) is 6.16 Å². The number of benzene rings is 4. The van der Waals surface area contributed by atoms with Crippen molar-refractivity contribution in [3.63, 3.8) is 0 Å². The third-order valence-corrected chi connectivity index (χ3v) is 9.49. The van der Waals surface area contributed by atoms with E-state index >= 15 is 0 Å². The molecule has 1 atom stereocenters. The van der Waals surface area contributed by atoms with E-state index in [-0.39, 0.29) is 54.5 Å². The minimum absolute atomic E-state index is 0. The van der Waals surface area contributed by atoms with Gasteiger partial charge in [0.15, 0.2) is 0 Å². The predicted molar refractivity (Wildman–Crippen MR) is 151 cm³/mol. The molecule has 0 nitrogen and oxygen atoms in total. The van der Waals surface area contributed by atoms with Crippen LogP contribution >= 0.6 is 7.92 Å². The standard InChI is InChI=1S/C18H16P.C15H11.2ClH.Ti/c1-2-10-19-14-11-13-6-5-8-15(17(13)12-14)16-7-3-4-9-18(16)19;1-2-6-12(7-3-1)14-10-4-8-13-9-5-11-15(13)14;;;/h3-9,11-12H,2,10H2,1H3;1-11H;2*1H;/q2*-1;;;+4/p-2. The van der Waals surface area contributed by atoms with E-state index in [4.69, 9.17) is 0 Å². The van der Waals surface area contributed by atoms with Gasteiger partial charge in [0.1, 0.15) is 0 Å². The maximum absolute atomic E-state index is 2.44. The summed E-state index contributed by atoms with van der Waals surface area (Å²) in [4.78, 5) is 0. The van der Waals surface area contributed by atoms with Crippen molar-refractivity contribution in [3.05, 3.63) is 121 Å². The smallest absolute Gasteiger partial charge is 1.00 e. The van der Waals surface area contributed by atoms with Crippen LogP contribution in [0.1, 0.15) is 13.3 Å². The normalized spacial score (nSPS) is 12.8. The quantitative estimate of drug-likeness (QED) is 0.174. The second-order valence-corrected chi connectivity index (χ2v) is 11.2. The van der Waals surface area contributed by atoms with Gasteiger partial charge in [0, 0.05) is 0 Å². The Bertz CT molecular complexity index is 1580. The second-order valence-electron chi connectivity index (χ2n) is 8.89. The molecule has 0 aromatic heterocycles. The molecule has 0 spiro atoms. The fourth-order valence-electron chi connectivity index (χ4n) is 5.19. The number of fused-ring (bicyclic) bond motifs is 4. The molecule has 7 rings (SSSR count). The van der Waals surface area contributed by atoms with Crippen LogP contribution in [0.4, 0.5) is 0 Å². The van der Waals surface area contributed by atoms with Crippen molar-refractivity contribution in [2.75, 3.05) is 6.16 Å². The number of hydrogen-bond donors (Lipinski definition) is 0. The summed E-state index contributed by atoms with van der Waals surface area (Å²) in [5.41, 5.74) is 5.48. The largest absolute Gasteiger partial charge is 4.00 e. The van der Waals surface area contributed by atoms with Gasteiger partial charge in [0.2, 0.25) is 0 Å². The molecule has 1 heterocycles. The zero-order valence-electron chi connectivity index (χ0n) is 20.7. The Labute approximate surface area is 248 Å². The second kappa shape index (κ2) is 13.1. The summed E-state index contributed by atoms with van der Waals surface area (Å²) in [7, 11) is -0.172. The Morgan fingerprint density at radius 2 is 1.32 bits per heavy atom. The molecule has 0 aliphatic carbocycles. The van der Waals surface area contributed by atoms with Crippen molar-refractivity contribution in [2.24, 2.45) is 0 Å². The summed E-state index contributed by atoms with van der Waals surface area (Å²) in [5.74, 6) is 0. The van der Waals surface area contributed by atoms with E-state index in [0.29, 0.717) is 0 Å². The minimum Gasteiger partial charge on any atom is -1.00 e. The average Bonchev–Trinajstić information content (AvgIpc) is 3.52. The Hall–Kier alpha value is -2.18. The van der Waals surface area contributed by atoms with Gasteiger partial charge in [-0.15, -0.1) is 63.2 Å². The molecule has 1 aliphatic rings. The molecular formula is C33H27Cl2PTi. The van der Waals surface area contributed by atoms with Gasteiger partial charge in [0.05, 0.1) is 0 Å². The molecule has 0 saturated carbocycles. The molecule has 182 valence electrons. The van der Waals surface area contributed by atoms with Crippen molar-refractivity contribution in [1.29, 1.82) is 0 Å². The molecule has 6 aromatic rings. The molecule has 37 heavy (non-hydrogen) atoms. The molecule has 0 saturated heterocycles. The summed E-state index contributed by atoms with van der Waals surface area (Å²) in [6.45, 7) is 2.29. The van der Waals surface area contributed by atoms with Crippen molar-refractivity contribution >= 4 is 40.1 Å². The zero-order valence-corrected chi connectivity index (χ0v) is 24.6. The van der Waals surface area contributed by atoms with Gasteiger partial charge < -0.3 is 24.8 Å².